The van der Waals surface area contributed by atoms with Crippen molar-refractivity contribution in [1.29, 1.82) is 0 Å². The third-order valence-electron chi connectivity index (χ3n) is 4.27. The summed E-state index contributed by atoms with van der Waals surface area (Å²) in [5, 5.41) is 5.15. The van der Waals surface area contributed by atoms with Crippen LogP contribution in [0, 0.1) is 5.92 Å². The first-order valence-corrected chi connectivity index (χ1v) is 8.12. The quantitative estimate of drug-likeness (QED) is 0.798. The minimum atomic E-state index is 0.703. The van der Waals surface area contributed by atoms with Gasteiger partial charge >= 0.3 is 0 Å². The molecule has 0 saturated heterocycles. The molecule has 1 saturated carbocycles. The molecule has 2 rings (SSSR count). The van der Waals surface area contributed by atoms with Crippen LogP contribution in [0.1, 0.15) is 44.6 Å². The monoisotopic (exact) mass is 299 g/mol. The highest BCUT2D eigenvalue weighted by Crippen LogP contribution is 2.26. The molecule has 0 spiro atoms. The molecule has 0 amide bonds. The number of hydrogen-bond acceptors (Lipinski definition) is 1. The van der Waals surface area contributed by atoms with Gasteiger partial charge in [-0.2, -0.15) is 0 Å². The van der Waals surface area contributed by atoms with Crippen LogP contribution in [0.25, 0.3) is 0 Å². The van der Waals surface area contributed by atoms with Crippen molar-refractivity contribution < 1.29 is 0 Å². The van der Waals surface area contributed by atoms with Crippen LogP contribution in [0.2, 0.25) is 10.0 Å². The van der Waals surface area contributed by atoms with E-state index in [1.54, 1.807) is 0 Å². The van der Waals surface area contributed by atoms with E-state index in [4.69, 9.17) is 23.2 Å². The van der Waals surface area contributed by atoms with Crippen LogP contribution in [0.4, 0.5) is 0 Å². The number of benzene rings is 1. The first-order chi connectivity index (χ1) is 9.19. The molecule has 0 bridgehead atoms. The summed E-state index contributed by atoms with van der Waals surface area (Å²) in [5.74, 6) is 0.962. The third kappa shape index (κ3) is 4.66. The molecule has 19 heavy (non-hydrogen) atoms. The molecular formula is C16H23Cl2N. The normalized spacial score (nSPS) is 23.5. The largest absolute Gasteiger partial charge is 0.314 e. The van der Waals surface area contributed by atoms with Crippen molar-refractivity contribution >= 4 is 23.2 Å². The van der Waals surface area contributed by atoms with Crippen molar-refractivity contribution in [1.82, 2.24) is 5.32 Å². The molecule has 1 aromatic rings. The van der Waals surface area contributed by atoms with Crippen LogP contribution < -0.4 is 5.32 Å². The molecule has 1 fully saturated rings. The van der Waals surface area contributed by atoms with E-state index >= 15 is 0 Å². The Morgan fingerprint density at radius 2 is 1.89 bits per heavy atom. The zero-order valence-corrected chi connectivity index (χ0v) is 13.1. The van der Waals surface area contributed by atoms with Gasteiger partial charge in [-0.15, -0.1) is 0 Å². The van der Waals surface area contributed by atoms with E-state index < -0.39 is 0 Å². The second-order valence-corrected chi connectivity index (χ2v) is 6.41. The summed E-state index contributed by atoms with van der Waals surface area (Å²) in [5.41, 5.74) is 1.18. The van der Waals surface area contributed by atoms with Crippen LogP contribution in [0.15, 0.2) is 18.2 Å². The first-order valence-electron chi connectivity index (χ1n) is 7.36. The topological polar surface area (TPSA) is 12.0 Å². The predicted molar refractivity (Wildman–Crippen MR) is 84.2 cm³/mol. The van der Waals surface area contributed by atoms with Gasteiger partial charge in [0.25, 0.3) is 0 Å². The summed E-state index contributed by atoms with van der Waals surface area (Å²) in [6, 6.07) is 6.47. The summed E-state index contributed by atoms with van der Waals surface area (Å²) >= 11 is 12.1. The molecule has 106 valence electrons. The molecule has 0 unspecified atom stereocenters. The van der Waals surface area contributed by atoms with Gasteiger partial charge in [0.2, 0.25) is 0 Å². The Labute approximate surface area is 126 Å². The Balaban J connectivity index is 1.72. The van der Waals surface area contributed by atoms with E-state index in [-0.39, 0.29) is 0 Å². The maximum atomic E-state index is 6.18. The van der Waals surface area contributed by atoms with Crippen molar-refractivity contribution in [3.8, 4) is 0 Å². The molecule has 0 radical (unpaired) electrons. The second kappa shape index (κ2) is 7.52. The van der Waals surface area contributed by atoms with Crippen LogP contribution in [0.3, 0.4) is 0 Å². The minimum Gasteiger partial charge on any atom is -0.314 e. The Hall–Kier alpha value is -0.240. The molecule has 0 aliphatic heterocycles. The predicted octanol–water partition coefficient (Wildman–Crippen LogP) is 5.09. The number of hydrogen-bond donors (Lipinski definition) is 1. The minimum absolute atomic E-state index is 0.703. The molecule has 1 N–H and O–H groups in total. The summed E-state index contributed by atoms with van der Waals surface area (Å²) in [4.78, 5) is 0. The van der Waals surface area contributed by atoms with Gasteiger partial charge in [0.05, 0.1) is 0 Å². The Kier molecular flexibility index (Phi) is 6.00. The van der Waals surface area contributed by atoms with Crippen LogP contribution in [-0.2, 0) is 6.42 Å². The van der Waals surface area contributed by atoms with Gasteiger partial charge < -0.3 is 5.32 Å². The third-order valence-corrected chi connectivity index (χ3v) is 4.85. The molecule has 1 aliphatic rings. The Morgan fingerprint density at radius 3 is 2.53 bits per heavy atom. The van der Waals surface area contributed by atoms with Crippen LogP contribution >= 0.6 is 23.2 Å². The Morgan fingerprint density at radius 1 is 1.16 bits per heavy atom. The zero-order valence-electron chi connectivity index (χ0n) is 11.6. The fourth-order valence-electron chi connectivity index (χ4n) is 2.91. The van der Waals surface area contributed by atoms with Crippen molar-refractivity contribution in [2.24, 2.45) is 5.92 Å². The molecule has 1 nitrogen and oxygen atoms in total. The van der Waals surface area contributed by atoms with Crippen LogP contribution in [-0.4, -0.2) is 12.6 Å². The molecule has 1 aromatic carbocycles. The summed E-state index contributed by atoms with van der Waals surface area (Å²) < 4.78 is 0. The van der Waals surface area contributed by atoms with Crippen molar-refractivity contribution in [3.05, 3.63) is 33.8 Å². The standard InChI is InChI=1S/C16H23Cl2N/c1-2-12-3-7-15(8-4-12)19-10-9-13-5-6-14(17)11-16(13)18/h5-6,11-12,15,19H,2-4,7-10H2,1H3. The fourth-order valence-corrected chi connectivity index (χ4v) is 3.41. The number of halogens is 2. The van der Waals surface area contributed by atoms with Gasteiger partial charge in [-0.05, 0) is 62.3 Å². The lowest BCUT2D eigenvalue weighted by Crippen LogP contribution is -2.34. The average Bonchev–Trinajstić information content (AvgIpc) is 2.42. The summed E-state index contributed by atoms with van der Waals surface area (Å²) in [6.45, 7) is 3.31. The second-order valence-electron chi connectivity index (χ2n) is 5.57. The molecule has 3 heteroatoms. The molecule has 0 atom stereocenters. The van der Waals surface area contributed by atoms with Crippen molar-refractivity contribution in [2.75, 3.05) is 6.54 Å². The van der Waals surface area contributed by atoms with Gasteiger partial charge in [0.15, 0.2) is 0 Å². The number of rotatable bonds is 5. The van der Waals surface area contributed by atoms with E-state index in [0.717, 1.165) is 23.9 Å². The van der Waals surface area contributed by atoms with Gasteiger partial charge in [-0.3, -0.25) is 0 Å². The molecule has 0 aromatic heterocycles. The highest BCUT2D eigenvalue weighted by Gasteiger charge is 2.19. The van der Waals surface area contributed by atoms with E-state index in [1.807, 2.05) is 18.2 Å². The van der Waals surface area contributed by atoms with Crippen LogP contribution in [0.5, 0.6) is 0 Å². The average molecular weight is 300 g/mol. The lowest BCUT2D eigenvalue weighted by Gasteiger charge is -2.28. The smallest absolute Gasteiger partial charge is 0.0453 e. The first kappa shape index (κ1) is 15.2. The fraction of sp³-hybridized carbons (Fsp3) is 0.625. The highest BCUT2D eigenvalue weighted by atomic mass is 35.5. The van der Waals surface area contributed by atoms with E-state index in [1.165, 1.54) is 37.7 Å². The Bertz CT molecular complexity index is 398. The van der Waals surface area contributed by atoms with Gasteiger partial charge in [0, 0.05) is 16.1 Å². The van der Waals surface area contributed by atoms with Gasteiger partial charge in [-0.1, -0.05) is 42.6 Å². The maximum Gasteiger partial charge on any atom is 0.0453 e. The van der Waals surface area contributed by atoms with Crippen molar-refractivity contribution in [2.45, 2.75) is 51.5 Å². The van der Waals surface area contributed by atoms with Gasteiger partial charge in [0.1, 0.15) is 0 Å². The number of nitrogens with one attached hydrogen (secondary N) is 1. The lowest BCUT2D eigenvalue weighted by atomic mass is 9.84. The van der Waals surface area contributed by atoms with Crippen molar-refractivity contribution in [3.63, 3.8) is 0 Å². The van der Waals surface area contributed by atoms with E-state index in [0.29, 0.717) is 11.1 Å². The molecule has 0 heterocycles. The SMILES string of the molecule is CCC1CCC(NCCc2ccc(Cl)cc2Cl)CC1. The van der Waals surface area contributed by atoms with Gasteiger partial charge in [-0.25, -0.2) is 0 Å². The maximum absolute atomic E-state index is 6.18. The summed E-state index contributed by atoms with van der Waals surface area (Å²) in [6.07, 6.45) is 7.74. The molecular weight excluding hydrogens is 277 g/mol. The summed E-state index contributed by atoms with van der Waals surface area (Å²) in [7, 11) is 0. The zero-order chi connectivity index (χ0) is 13.7. The lowest BCUT2D eigenvalue weighted by molar-refractivity contribution is 0.287. The molecule has 1 aliphatic carbocycles. The van der Waals surface area contributed by atoms with E-state index in [2.05, 4.69) is 12.2 Å². The van der Waals surface area contributed by atoms with E-state index in [9.17, 15) is 0 Å². The highest BCUT2D eigenvalue weighted by molar-refractivity contribution is 6.35.